The van der Waals surface area contributed by atoms with Crippen LogP contribution in [0.15, 0.2) is 71.7 Å². The van der Waals surface area contributed by atoms with E-state index in [9.17, 15) is 10.2 Å². The van der Waals surface area contributed by atoms with Gasteiger partial charge in [0, 0.05) is 17.1 Å². The summed E-state index contributed by atoms with van der Waals surface area (Å²) in [6, 6.07) is 19.9. The Kier molecular flexibility index (Phi) is 5.08. The molecule has 1 atom stereocenters. The molecule has 2 N–H and O–H groups in total. The van der Waals surface area contributed by atoms with Crippen LogP contribution in [-0.2, 0) is 0 Å². The molecule has 5 nitrogen and oxygen atoms in total. The van der Waals surface area contributed by atoms with Crippen molar-refractivity contribution in [3.8, 4) is 17.2 Å². The Morgan fingerprint density at radius 2 is 1.71 bits per heavy atom. The molecule has 1 heterocycles. The molecule has 0 bridgehead atoms. The summed E-state index contributed by atoms with van der Waals surface area (Å²) in [4.78, 5) is 6.82. The highest BCUT2D eigenvalue weighted by Gasteiger charge is 2.22. The number of nitrogens with zero attached hydrogens (tertiary/aromatic N) is 2. The number of halogens is 1. The van der Waals surface area contributed by atoms with Crippen LogP contribution in [0.25, 0.3) is 6.20 Å². The first-order valence-electron chi connectivity index (χ1n) is 8.89. The summed E-state index contributed by atoms with van der Waals surface area (Å²) in [5.74, 6) is 1.52. The summed E-state index contributed by atoms with van der Waals surface area (Å²) < 4.78 is 5.55. The SMILES string of the molecule is Oc1ccc(N2C=c3cccc(O)c3=NC2c2ccc(OCCCl)cc2)cc1. The minimum atomic E-state index is -0.368. The summed E-state index contributed by atoms with van der Waals surface area (Å²) in [5.41, 5.74) is 1.82. The standard InChI is InChI=1S/C22H19ClN2O3/c23-12-13-28-19-10-4-15(5-11-19)22-24-21-16(2-1-3-20(21)27)14-25(22)17-6-8-18(26)9-7-17/h1-11,14,22,26-27H,12-13H2. The third-order valence-corrected chi connectivity index (χ3v) is 4.67. The highest BCUT2D eigenvalue weighted by Crippen LogP contribution is 2.31. The van der Waals surface area contributed by atoms with Gasteiger partial charge in [-0.25, -0.2) is 0 Å². The molecule has 3 aromatic rings. The van der Waals surface area contributed by atoms with Gasteiger partial charge in [-0.2, -0.15) is 0 Å². The Hall–Kier alpha value is -3.18. The average Bonchev–Trinajstić information content (AvgIpc) is 2.73. The smallest absolute Gasteiger partial charge is 0.151 e. The Labute approximate surface area is 167 Å². The number of phenols is 2. The molecule has 6 heteroatoms. The molecule has 28 heavy (non-hydrogen) atoms. The van der Waals surface area contributed by atoms with E-state index < -0.39 is 0 Å². The van der Waals surface area contributed by atoms with E-state index >= 15 is 0 Å². The van der Waals surface area contributed by atoms with Gasteiger partial charge in [0.1, 0.15) is 29.2 Å². The second kappa shape index (κ2) is 7.82. The number of benzene rings is 3. The number of fused-ring (bicyclic) bond motifs is 1. The molecule has 1 aliphatic rings. The van der Waals surface area contributed by atoms with Crippen molar-refractivity contribution in [2.75, 3.05) is 17.4 Å². The van der Waals surface area contributed by atoms with Gasteiger partial charge >= 0.3 is 0 Å². The number of hydrogen-bond acceptors (Lipinski definition) is 5. The van der Waals surface area contributed by atoms with Gasteiger partial charge in [-0.3, -0.25) is 4.99 Å². The van der Waals surface area contributed by atoms with Crippen LogP contribution in [-0.4, -0.2) is 22.7 Å². The molecule has 0 aliphatic carbocycles. The van der Waals surface area contributed by atoms with Crippen molar-refractivity contribution in [2.24, 2.45) is 4.99 Å². The molecule has 4 rings (SSSR count). The molecule has 0 fully saturated rings. The molecule has 0 spiro atoms. The molecule has 3 aromatic carbocycles. The van der Waals surface area contributed by atoms with Gasteiger partial charge in [0.15, 0.2) is 6.17 Å². The average molecular weight is 395 g/mol. The second-order valence-corrected chi connectivity index (χ2v) is 6.75. The number of para-hydroxylation sites is 1. The van der Waals surface area contributed by atoms with Gasteiger partial charge in [-0.15, -0.1) is 11.6 Å². The van der Waals surface area contributed by atoms with E-state index in [1.54, 1.807) is 24.3 Å². The van der Waals surface area contributed by atoms with E-state index in [0.717, 1.165) is 22.2 Å². The lowest BCUT2D eigenvalue weighted by Crippen LogP contribution is -2.38. The summed E-state index contributed by atoms with van der Waals surface area (Å²) >= 11 is 5.67. The van der Waals surface area contributed by atoms with Crippen molar-refractivity contribution in [3.05, 3.63) is 82.9 Å². The van der Waals surface area contributed by atoms with Crippen molar-refractivity contribution < 1.29 is 14.9 Å². The zero-order valence-corrected chi connectivity index (χ0v) is 15.8. The van der Waals surface area contributed by atoms with E-state index in [0.29, 0.717) is 17.8 Å². The van der Waals surface area contributed by atoms with Gasteiger partial charge in [-0.05, 0) is 48.0 Å². The van der Waals surface area contributed by atoms with E-state index in [2.05, 4.69) is 0 Å². The number of aromatic hydroxyl groups is 2. The van der Waals surface area contributed by atoms with Crippen molar-refractivity contribution in [3.63, 3.8) is 0 Å². The van der Waals surface area contributed by atoms with E-state index in [1.807, 2.05) is 53.6 Å². The maximum atomic E-state index is 10.3. The molecule has 1 aliphatic heterocycles. The third kappa shape index (κ3) is 3.62. The number of hydrogen-bond donors (Lipinski definition) is 2. The van der Waals surface area contributed by atoms with Crippen LogP contribution < -0.4 is 20.2 Å². The summed E-state index contributed by atoms with van der Waals surface area (Å²) in [5, 5.41) is 21.3. The van der Waals surface area contributed by atoms with E-state index in [1.165, 1.54) is 0 Å². The van der Waals surface area contributed by atoms with Crippen LogP contribution in [0.1, 0.15) is 11.7 Å². The zero-order chi connectivity index (χ0) is 19.5. The molecule has 1 unspecified atom stereocenters. The van der Waals surface area contributed by atoms with Crippen LogP contribution >= 0.6 is 11.6 Å². The van der Waals surface area contributed by atoms with Gasteiger partial charge < -0.3 is 19.8 Å². The van der Waals surface area contributed by atoms with Gasteiger partial charge in [0.2, 0.25) is 0 Å². The topological polar surface area (TPSA) is 65.3 Å². The van der Waals surface area contributed by atoms with Gasteiger partial charge in [-0.1, -0.05) is 24.3 Å². The van der Waals surface area contributed by atoms with Crippen LogP contribution in [0.3, 0.4) is 0 Å². The molecule has 0 saturated heterocycles. The number of ether oxygens (including phenoxy) is 1. The largest absolute Gasteiger partial charge is 0.508 e. The Balaban J connectivity index is 1.79. The first-order valence-corrected chi connectivity index (χ1v) is 9.43. The lowest BCUT2D eigenvalue weighted by molar-refractivity contribution is 0.342. The third-order valence-electron chi connectivity index (χ3n) is 4.51. The summed E-state index contributed by atoms with van der Waals surface area (Å²) in [6.07, 6.45) is 1.59. The fourth-order valence-electron chi connectivity index (χ4n) is 3.17. The minimum Gasteiger partial charge on any atom is -0.508 e. The molecule has 0 aromatic heterocycles. The lowest BCUT2D eigenvalue weighted by Gasteiger charge is -2.30. The van der Waals surface area contributed by atoms with Crippen LogP contribution in [0.5, 0.6) is 17.2 Å². The minimum absolute atomic E-state index is 0.145. The van der Waals surface area contributed by atoms with Crippen LogP contribution in [0.4, 0.5) is 5.69 Å². The van der Waals surface area contributed by atoms with Gasteiger partial charge in [0.05, 0.1) is 5.88 Å². The summed E-state index contributed by atoms with van der Waals surface area (Å²) in [7, 11) is 0. The van der Waals surface area contributed by atoms with Crippen molar-refractivity contribution in [1.29, 1.82) is 0 Å². The Morgan fingerprint density at radius 3 is 2.43 bits per heavy atom. The predicted octanol–water partition coefficient (Wildman–Crippen LogP) is 3.29. The first-order chi connectivity index (χ1) is 13.7. The highest BCUT2D eigenvalue weighted by molar-refractivity contribution is 6.18. The predicted molar refractivity (Wildman–Crippen MR) is 109 cm³/mol. The highest BCUT2D eigenvalue weighted by atomic mass is 35.5. The van der Waals surface area contributed by atoms with Crippen LogP contribution in [0, 0.1) is 0 Å². The lowest BCUT2D eigenvalue weighted by atomic mass is 10.1. The Morgan fingerprint density at radius 1 is 0.964 bits per heavy atom. The number of phenolic OH excluding ortho intramolecular Hbond substituents is 2. The van der Waals surface area contributed by atoms with E-state index in [4.69, 9.17) is 21.3 Å². The quantitative estimate of drug-likeness (QED) is 0.652. The molecule has 142 valence electrons. The van der Waals surface area contributed by atoms with E-state index in [-0.39, 0.29) is 17.7 Å². The number of rotatable bonds is 5. The first kappa shape index (κ1) is 18.2. The van der Waals surface area contributed by atoms with Crippen molar-refractivity contribution >= 4 is 23.5 Å². The molecular formula is C22H19ClN2O3. The second-order valence-electron chi connectivity index (χ2n) is 6.38. The monoisotopic (exact) mass is 394 g/mol. The molecule has 0 saturated carbocycles. The van der Waals surface area contributed by atoms with Crippen molar-refractivity contribution in [1.82, 2.24) is 0 Å². The summed E-state index contributed by atoms with van der Waals surface area (Å²) in [6.45, 7) is 0.448. The van der Waals surface area contributed by atoms with Crippen LogP contribution in [0.2, 0.25) is 0 Å². The molecular weight excluding hydrogens is 376 g/mol. The maximum Gasteiger partial charge on any atom is 0.151 e. The van der Waals surface area contributed by atoms with Crippen molar-refractivity contribution in [2.45, 2.75) is 6.17 Å². The normalized spacial score (nSPS) is 15.3. The zero-order valence-electron chi connectivity index (χ0n) is 15.0. The molecule has 0 amide bonds. The Bertz CT molecular complexity index is 1080. The number of anilines is 1. The number of alkyl halides is 1. The maximum absolute atomic E-state index is 10.3. The fraction of sp³-hybridized carbons (Fsp3) is 0.136. The van der Waals surface area contributed by atoms with Gasteiger partial charge in [0.25, 0.3) is 0 Å². The molecule has 0 radical (unpaired) electrons. The fourth-order valence-corrected chi connectivity index (χ4v) is 3.24.